The van der Waals surface area contributed by atoms with Gasteiger partial charge in [0.1, 0.15) is 0 Å². The molecule has 0 unspecified atom stereocenters. The van der Waals surface area contributed by atoms with Crippen LogP contribution in [0.3, 0.4) is 0 Å². The molecule has 2 rings (SSSR count). The minimum atomic E-state index is -0.350. The number of urea groups is 1. The van der Waals surface area contributed by atoms with E-state index in [2.05, 4.69) is 16.2 Å². The van der Waals surface area contributed by atoms with E-state index in [-0.39, 0.29) is 23.7 Å². The Morgan fingerprint density at radius 3 is 2.45 bits per heavy atom. The van der Waals surface area contributed by atoms with E-state index in [1.54, 1.807) is 12.1 Å². The first-order valence-corrected chi connectivity index (χ1v) is 8.73. The normalized spacial score (nSPS) is 15.1. The van der Waals surface area contributed by atoms with E-state index in [9.17, 15) is 9.59 Å². The number of carbonyl (C=O) groups excluding carboxylic acids is 2. The number of hydrazine groups is 1. The molecule has 0 aromatic heterocycles. The third kappa shape index (κ3) is 6.15. The molecule has 22 heavy (non-hydrogen) atoms. The maximum Gasteiger partial charge on any atom is 0.333 e. The van der Waals surface area contributed by atoms with Crippen LogP contribution < -0.4 is 16.2 Å². The lowest BCUT2D eigenvalue weighted by Crippen LogP contribution is -2.50. The van der Waals surface area contributed by atoms with Crippen molar-refractivity contribution in [2.75, 3.05) is 5.75 Å². The van der Waals surface area contributed by atoms with Gasteiger partial charge in [0, 0.05) is 16.0 Å². The van der Waals surface area contributed by atoms with Crippen LogP contribution in [0.4, 0.5) is 4.79 Å². The number of nitrogens with one attached hydrogen (secondary N) is 3. The predicted molar refractivity (Wildman–Crippen MR) is 88.9 cm³/mol. The summed E-state index contributed by atoms with van der Waals surface area (Å²) < 4.78 is 0. The van der Waals surface area contributed by atoms with Gasteiger partial charge in [0.2, 0.25) is 5.91 Å². The number of thioether (sulfide) groups is 1. The van der Waals surface area contributed by atoms with Crippen LogP contribution in [-0.4, -0.2) is 23.7 Å². The molecule has 0 spiro atoms. The maximum atomic E-state index is 11.7. The average molecular weight is 342 g/mol. The van der Waals surface area contributed by atoms with Crippen LogP contribution in [0.1, 0.15) is 32.1 Å². The van der Waals surface area contributed by atoms with Crippen LogP contribution in [-0.2, 0) is 4.79 Å². The number of hydrogen-bond donors (Lipinski definition) is 3. The Kier molecular flexibility index (Phi) is 6.86. The van der Waals surface area contributed by atoms with Crippen LogP contribution in [0.2, 0.25) is 5.02 Å². The summed E-state index contributed by atoms with van der Waals surface area (Å²) in [5.74, 6) is -0.0236. The van der Waals surface area contributed by atoms with Gasteiger partial charge in [0.15, 0.2) is 0 Å². The predicted octanol–water partition coefficient (Wildman–Crippen LogP) is 3.10. The maximum absolute atomic E-state index is 11.7. The fourth-order valence-electron chi connectivity index (χ4n) is 2.31. The zero-order valence-corrected chi connectivity index (χ0v) is 13.8. The highest BCUT2D eigenvalue weighted by atomic mass is 35.5. The van der Waals surface area contributed by atoms with Crippen LogP contribution in [0, 0.1) is 0 Å². The van der Waals surface area contributed by atoms with Gasteiger partial charge in [-0.1, -0.05) is 30.9 Å². The van der Waals surface area contributed by atoms with Crippen molar-refractivity contribution in [2.24, 2.45) is 0 Å². The van der Waals surface area contributed by atoms with Crippen LogP contribution in [0.25, 0.3) is 0 Å². The molecule has 0 heterocycles. The number of carbonyl (C=O) groups is 2. The Morgan fingerprint density at radius 1 is 1.09 bits per heavy atom. The van der Waals surface area contributed by atoms with Gasteiger partial charge in [-0.2, -0.15) is 0 Å². The molecule has 3 N–H and O–H groups in total. The van der Waals surface area contributed by atoms with E-state index in [0.29, 0.717) is 5.02 Å². The summed E-state index contributed by atoms with van der Waals surface area (Å²) in [6, 6.07) is 7.12. The van der Waals surface area contributed by atoms with Crippen molar-refractivity contribution in [3.63, 3.8) is 0 Å². The molecular weight excluding hydrogens is 322 g/mol. The lowest BCUT2D eigenvalue weighted by atomic mass is 9.96. The lowest BCUT2D eigenvalue weighted by molar-refractivity contribution is -0.119. The van der Waals surface area contributed by atoms with Crippen molar-refractivity contribution in [2.45, 2.75) is 43.0 Å². The van der Waals surface area contributed by atoms with Gasteiger partial charge in [-0.3, -0.25) is 10.2 Å². The summed E-state index contributed by atoms with van der Waals surface area (Å²) in [6.45, 7) is 0. The van der Waals surface area contributed by atoms with E-state index in [1.807, 2.05) is 12.1 Å². The molecule has 0 aliphatic heterocycles. The van der Waals surface area contributed by atoms with Gasteiger partial charge in [-0.05, 0) is 37.1 Å². The summed E-state index contributed by atoms with van der Waals surface area (Å²) in [5.41, 5.74) is 4.80. The van der Waals surface area contributed by atoms with Gasteiger partial charge in [-0.25, -0.2) is 10.2 Å². The molecule has 1 aliphatic carbocycles. The first kappa shape index (κ1) is 17.0. The second-order valence-corrected chi connectivity index (χ2v) is 6.71. The largest absolute Gasteiger partial charge is 0.334 e. The van der Waals surface area contributed by atoms with Crippen molar-refractivity contribution < 1.29 is 9.59 Å². The van der Waals surface area contributed by atoms with Crippen molar-refractivity contribution in [1.82, 2.24) is 16.2 Å². The Bertz CT molecular complexity index is 504. The highest BCUT2D eigenvalue weighted by Gasteiger charge is 2.15. The van der Waals surface area contributed by atoms with Crippen molar-refractivity contribution in [3.05, 3.63) is 29.3 Å². The van der Waals surface area contributed by atoms with Crippen molar-refractivity contribution >= 4 is 35.3 Å². The van der Waals surface area contributed by atoms with Crippen LogP contribution >= 0.6 is 23.4 Å². The zero-order chi connectivity index (χ0) is 15.8. The average Bonchev–Trinajstić information content (AvgIpc) is 2.53. The molecular formula is C15H20ClN3O2S. The second-order valence-electron chi connectivity index (χ2n) is 5.22. The number of hydrogen-bond acceptors (Lipinski definition) is 3. The van der Waals surface area contributed by atoms with Crippen LogP contribution in [0.15, 0.2) is 29.2 Å². The Labute approximate surface area is 139 Å². The summed E-state index contributed by atoms with van der Waals surface area (Å²) in [7, 11) is 0. The molecule has 3 amide bonds. The third-order valence-electron chi connectivity index (χ3n) is 3.44. The first-order valence-electron chi connectivity index (χ1n) is 7.37. The highest BCUT2D eigenvalue weighted by Crippen LogP contribution is 2.20. The topological polar surface area (TPSA) is 70.2 Å². The molecule has 0 atom stereocenters. The summed E-state index contributed by atoms with van der Waals surface area (Å²) in [5, 5.41) is 3.53. The summed E-state index contributed by atoms with van der Waals surface area (Å²) >= 11 is 7.18. The fourth-order valence-corrected chi connectivity index (χ4v) is 3.14. The van der Waals surface area contributed by atoms with Gasteiger partial charge in [0.25, 0.3) is 0 Å². The lowest BCUT2D eigenvalue weighted by Gasteiger charge is -2.22. The van der Waals surface area contributed by atoms with E-state index in [0.717, 1.165) is 30.6 Å². The van der Waals surface area contributed by atoms with Gasteiger partial charge in [-0.15, -0.1) is 11.8 Å². The van der Waals surface area contributed by atoms with E-state index >= 15 is 0 Å². The summed E-state index contributed by atoms with van der Waals surface area (Å²) in [4.78, 5) is 24.3. The minimum absolute atomic E-state index is 0.217. The molecule has 1 aliphatic rings. The first-order chi connectivity index (χ1) is 10.6. The number of halogens is 1. The molecule has 7 heteroatoms. The molecule has 0 radical (unpaired) electrons. The number of rotatable bonds is 4. The second kappa shape index (κ2) is 8.90. The van der Waals surface area contributed by atoms with E-state index in [4.69, 9.17) is 11.6 Å². The fraction of sp³-hybridized carbons (Fsp3) is 0.467. The highest BCUT2D eigenvalue weighted by molar-refractivity contribution is 8.00. The number of benzene rings is 1. The zero-order valence-electron chi connectivity index (χ0n) is 12.2. The van der Waals surface area contributed by atoms with Gasteiger partial charge in [0.05, 0.1) is 5.75 Å². The number of amides is 3. The molecule has 1 fully saturated rings. The molecule has 5 nitrogen and oxygen atoms in total. The van der Waals surface area contributed by atoms with Gasteiger partial charge >= 0.3 is 6.03 Å². The smallest absolute Gasteiger partial charge is 0.333 e. The Morgan fingerprint density at radius 2 is 1.77 bits per heavy atom. The minimum Gasteiger partial charge on any atom is -0.334 e. The van der Waals surface area contributed by atoms with Gasteiger partial charge < -0.3 is 5.32 Å². The molecule has 1 aromatic rings. The van der Waals surface area contributed by atoms with Crippen molar-refractivity contribution in [1.29, 1.82) is 0 Å². The standard InChI is InChI=1S/C15H20ClN3O2S/c16-11-6-8-13(9-7-11)22-10-14(20)18-19-15(21)17-12-4-2-1-3-5-12/h6-9,12H,1-5,10H2,(H,18,20)(H2,17,19,21). The van der Waals surface area contributed by atoms with Crippen molar-refractivity contribution in [3.8, 4) is 0 Å². The molecule has 0 saturated heterocycles. The molecule has 0 bridgehead atoms. The Hall–Kier alpha value is -1.40. The molecule has 1 aromatic carbocycles. The van der Waals surface area contributed by atoms with E-state index in [1.165, 1.54) is 18.2 Å². The third-order valence-corrected chi connectivity index (χ3v) is 4.70. The Balaban J connectivity index is 1.62. The van der Waals surface area contributed by atoms with E-state index < -0.39 is 0 Å². The summed E-state index contributed by atoms with van der Waals surface area (Å²) in [6.07, 6.45) is 5.55. The quantitative estimate of drug-likeness (QED) is 0.582. The molecule has 120 valence electrons. The SMILES string of the molecule is O=C(CSc1ccc(Cl)cc1)NNC(=O)NC1CCCCC1. The monoisotopic (exact) mass is 341 g/mol. The molecule has 1 saturated carbocycles. The van der Waals surface area contributed by atoms with Crippen LogP contribution in [0.5, 0.6) is 0 Å².